The van der Waals surface area contributed by atoms with Gasteiger partial charge >= 0.3 is 0 Å². The van der Waals surface area contributed by atoms with Crippen molar-refractivity contribution in [3.05, 3.63) is 35.5 Å². The van der Waals surface area contributed by atoms with Gasteiger partial charge in [0.15, 0.2) is 0 Å². The molecule has 1 heterocycles. The molecule has 1 aromatic heterocycles. The van der Waals surface area contributed by atoms with Gasteiger partial charge < -0.3 is 4.57 Å². The summed E-state index contributed by atoms with van der Waals surface area (Å²) in [5, 5.41) is 1.41. The summed E-state index contributed by atoms with van der Waals surface area (Å²) < 4.78 is 2.25. The first kappa shape index (κ1) is 9.32. The Morgan fingerprint density at radius 3 is 2.57 bits per heavy atom. The first-order valence-electron chi connectivity index (χ1n) is 5.16. The molecule has 1 nitrogen and oxygen atoms in total. The van der Waals surface area contributed by atoms with Crippen LogP contribution in [0.2, 0.25) is 0 Å². The molecule has 0 fully saturated rings. The first-order valence-corrected chi connectivity index (χ1v) is 5.16. The summed E-state index contributed by atoms with van der Waals surface area (Å²) in [5.74, 6) is 0.598. The molecular weight excluding hydrogens is 170 g/mol. The normalized spacial score (nSPS) is 11.5. The van der Waals surface area contributed by atoms with E-state index < -0.39 is 0 Å². The van der Waals surface area contributed by atoms with Gasteiger partial charge in [-0.3, -0.25) is 0 Å². The van der Waals surface area contributed by atoms with Crippen LogP contribution in [-0.2, 0) is 7.05 Å². The van der Waals surface area contributed by atoms with Crippen LogP contribution in [0.25, 0.3) is 10.9 Å². The molecule has 0 unspecified atom stereocenters. The van der Waals surface area contributed by atoms with E-state index in [-0.39, 0.29) is 0 Å². The van der Waals surface area contributed by atoms with Crippen molar-refractivity contribution in [2.75, 3.05) is 0 Å². The van der Waals surface area contributed by atoms with Crippen molar-refractivity contribution in [3.8, 4) is 0 Å². The van der Waals surface area contributed by atoms with Crippen molar-refractivity contribution >= 4 is 10.9 Å². The number of hydrogen-bond acceptors (Lipinski definition) is 0. The van der Waals surface area contributed by atoms with Crippen LogP contribution in [0.1, 0.15) is 31.0 Å². The SMILES string of the molecule is Cc1cc2c(C(C)C)cccc2n1C. The molecule has 2 aromatic rings. The highest BCUT2D eigenvalue weighted by Crippen LogP contribution is 2.27. The number of rotatable bonds is 1. The average molecular weight is 187 g/mol. The third-order valence-electron chi connectivity index (χ3n) is 2.98. The Bertz CT molecular complexity index is 463. The predicted octanol–water partition coefficient (Wildman–Crippen LogP) is 3.61. The number of hydrogen-bond donors (Lipinski definition) is 0. The van der Waals surface area contributed by atoms with Crippen LogP contribution in [0.3, 0.4) is 0 Å². The molecule has 0 saturated carbocycles. The van der Waals surface area contributed by atoms with Gasteiger partial charge in [0, 0.05) is 23.6 Å². The van der Waals surface area contributed by atoms with Crippen molar-refractivity contribution in [1.29, 1.82) is 0 Å². The van der Waals surface area contributed by atoms with Crippen LogP contribution in [-0.4, -0.2) is 4.57 Å². The molecule has 1 heteroatoms. The van der Waals surface area contributed by atoms with Crippen molar-refractivity contribution in [2.24, 2.45) is 7.05 Å². The van der Waals surface area contributed by atoms with E-state index in [1.54, 1.807) is 0 Å². The zero-order chi connectivity index (χ0) is 10.3. The number of benzene rings is 1. The lowest BCUT2D eigenvalue weighted by Crippen LogP contribution is -1.91. The number of aromatic nitrogens is 1. The fourth-order valence-electron chi connectivity index (χ4n) is 2.02. The van der Waals surface area contributed by atoms with E-state index in [1.165, 1.54) is 22.2 Å². The molecule has 0 amide bonds. The highest BCUT2D eigenvalue weighted by atomic mass is 14.9. The summed E-state index contributed by atoms with van der Waals surface area (Å²) in [4.78, 5) is 0. The lowest BCUT2D eigenvalue weighted by molar-refractivity contribution is 0.875. The standard InChI is InChI=1S/C13H17N/c1-9(2)11-6-5-7-13-12(11)8-10(3)14(13)4/h5-9H,1-4H3. The average Bonchev–Trinajstić information content (AvgIpc) is 2.43. The maximum atomic E-state index is 2.28. The molecule has 0 saturated heterocycles. The quantitative estimate of drug-likeness (QED) is 0.642. The van der Waals surface area contributed by atoms with E-state index in [0.717, 1.165) is 0 Å². The molecule has 0 radical (unpaired) electrons. The van der Waals surface area contributed by atoms with Crippen LogP contribution in [0.15, 0.2) is 24.3 Å². The molecule has 0 aliphatic carbocycles. The van der Waals surface area contributed by atoms with Crippen molar-refractivity contribution < 1.29 is 0 Å². The van der Waals surface area contributed by atoms with Crippen LogP contribution in [0, 0.1) is 6.92 Å². The molecule has 0 spiro atoms. The molecule has 0 N–H and O–H groups in total. The minimum absolute atomic E-state index is 0.598. The second-order valence-corrected chi connectivity index (χ2v) is 4.28. The van der Waals surface area contributed by atoms with Gasteiger partial charge in [-0.25, -0.2) is 0 Å². The first-order chi connectivity index (χ1) is 6.61. The Kier molecular flexibility index (Phi) is 2.10. The van der Waals surface area contributed by atoms with Gasteiger partial charge in [-0.1, -0.05) is 26.0 Å². The summed E-state index contributed by atoms with van der Waals surface area (Å²) in [6, 6.07) is 8.85. The van der Waals surface area contributed by atoms with Gasteiger partial charge in [0.1, 0.15) is 0 Å². The molecule has 74 valence electrons. The van der Waals surface area contributed by atoms with Crippen LogP contribution >= 0.6 is 0 Å². The second-order valence-electron chi connectivity index (χ2n) is 4.28. The minimum Gasteiger partial charge on any atom is -0.348 e. The van der Waals surface area contributed by atoms with E-state index in [4.69, 9.17) is 0 Å². The van der Waals surface area contributed by atoms with E-state index >= 15 is 0 Å². The van der Waals surface area contributed by atoms with Crippen molar-refractivity contribution in [1.82, 2.24) is 4.57 Å². The maximum Gasteiger partial charge on any atom is 0.0482 e. The van der Waals surface area contributed by atoms with Gasteiger partial charge in [0.05, 0.1) is 0 Å². The summed E-state index contributed by atoms with van der Waals surface area (Å²) >= 11 is 0. The molecule has 0 aliphatic heterocycles. The van der Waals surface area contributed by atoms with Gasteiger partial charge in [-0.05, 0) is 30.5 Å². The largest absolute Gasteiger partial charge is 0.348 e. The third-order valence-corrected chi connectivity index (χ3v) is 2.98. The summed E-state index contributed by atoms with van der Waals surface area (Å²) in [6.07, 6.45) is 0. The van der Waals surface area contributed by atoms with E-state index in [9.17, 15) is 0 Å². The van der Waals surface area contributed by atoms with Gasteiger partial charge in [-0.2, -0.15) is 0 Å². The monoisotopic (exact) mass is 187 g/mol. The summed E-state index contributed by atoms with van der Waals surface area (Å²) in [7, 11) is 2.13. The fraction of sp³-hybridized carbons (Fsp3) is 0.385. The van der Waals surface area contributed by atoms with Gasteiger partial charge in [-0.15, -0.1) is 0 Å². The fourth-order valence-corrected chi connectivity index (χ4v) is 2.02. The van der Waals surface area contributed by atoms with E-state index in [2.05, 4.69) is 56.7 Å². The zero-order valence-electron chi connectivity index (χ0n) is 9.33. The minimum atomic E-state index is 0.598. The van der Waals surface area contributed by atoms with E-state index in [0.29, 0.717) is 5.92 Å². The van der Waals surface area contributed by atoms with Crippen LogP contribution < -0.4 is 0 Å². The number of aryl methyl sites for hydroxylation is 2. The maximum absolute atomic E-state index is 2.28. The molecule has 2 rings (SSSR count). The molecular formula is C13H17N. The molecule has 0 bridgehead atoms. The second kappa shape index (κ2) is 3.16. The van der Waals surface area contributed by atoms with Crippen molar-refractivity contribution in [2.45, 2.75) is 26.7 Å². The number of fused-ring (bicyclic) bond motifs is 1. The highest BCUT2D eigenvalue weighted by Gasteiger charge is 2.08. The van der Waals surface area contributed by atoms with E-state index in [1.807, 2.05) is 0 Å². The third kappa shape index (κ3) is 1.24. The lowest BCUT2D eigenvalue weighted by Gasteiger charge is -2.07. The molecule has 14 heavy (non-hydrogen) atoms. The Balaban J connectivity index is 2.81. The van der Waals surface area contributed by atoms with Gasteiger partial charge in [0.25, 0.3) is 0 Å². The predicted molar refractivity (Wildman–Crippen MR) is 61.7 cm³/mol. The van der Waals surface area contributed by atoms with Crippen molar-refractivity contribution in [3.63, 3.8) is 0 Å². The highest BCUT2D eigenvalue weighted by molar-refractivity contribution is 5.85. The Hall–Kier alpha value is -1.24. The Morgan fingerprint density at radius 2 is 1.93 bits per heavy atom. The Labute approximate surface area is 85.4 Å². The lowest BCUT2D eigenvalue weighted by atomic mass is 9.99. The molecule has 1 aromatic carbocycles. The van der Waals surface area contributed by atoms with Gasteiger partial charge in [0.2, 0.25) is 0 Å². The Morgan fingerprint density at radius 1 is 1.21 bits per heavy atom. The summed E-state index contributed by atoms with van der Waals surface area (Å²) in [5.41, 5.74) is 4.12. The van der Waals surface area contributed by atoms with Crippen LogP contribution in [0.5, 0.6) is 0 Å². The smallest absolute Gasteiger partial charge is 0.0482 e. The molecule has 0 aliphatic rings. The van der Waals surface area contributed by atoms with Crippen LogP contribution in [0.4, 0.5) is 0 Å². The topological polar surface area (TPSA) is 4.93 Å². The molecule has 0 atom stereocenters. The summed E-state index contributed by atoms with van der Waals surface area (Å²) in [6.45, 7) is 6.65. The zero-order valence-corrected chi connectivity index (χ0v) is 9.33. The number of nitrogens with zero attached hydrogens (tertiary/aromatic N) is 1.